The molecule has 2 aliphatic rings. The number of halogens is 2. The molecule has 1 unspecified atom stereocenters. The number of aliphatic hydroxyl groups excluding tert-OH is 1. The van der Waals surface area contributed by atoms with Crippen LogP contribution < -0.4 is 0 Å². The van der Waals surface area contributed by atoms with Crippen molar-refractivity contribution in [3.63, 3.8) is 0 Å². The first-order valence-corrected chi connectivity index (χ1v) is 12.4. The van der Waals surface area contributed by atoms with Gasteiger partial charge in [0.1, 0.15) is 0 Å². The summed E-state index contributed by atoms with van der Waals surface area (Å²) in [5.74, 6) is 1.26. The number of likely N-dealkylation sites (tertiary alicyclic amines) is 2. The van der Waals surface area contributed by atoms with Gasteiger partial charge in [0.05, 0.1) is 16.1 Å². The number of piperidine rings is 1. The molecule has 6 heteroatoms. The maximum Gasteiger partial charge on any atom is 0.253 e. The molecule has 2 atom stereocenters. The Morgan fingerprint density at radius 3 is 2.41 bits per heavy atom. The van der Waals surface area contributed by atoms with E-state index in [-0.39, 0.29) is 12.0 Å². The Bertz CT molecular complexity index is 900. The smallest absolute Gasteiger partial charge is 0.253 e. The average Bonchev–Trinajstić information content (AvgIpc) is 3.28. The Balaban J connectivity index is 1.18. The molecular weight excluding hydrogens is 443 g/mol. The standard InChI is InChI=1S/C26H32Cl2N2O2/c27-23-8-7-22(16-24(23)28)26(32)30-15-12-20(18-30)17-29-13-10-19(11-14-29)6-9-25(31)21-4-2-1-3-5-21/h1-5,7-8,16,19-20,25,31H,6,9-15,17-18H2/t20-,25?/m1/s1. The van der Waals surface area contributed by atoms with Gasteiger partial charge in [0.15, 0.2) is 0 Å². The number of carbonyl (C=O) groups is 1. The number of hydrogen-bond acceptors (Lipinski definition) is 3. The van der Waals surface area contributed by atoms with Crippen molar-refractivity contribution in [1.29, 1.82) is 0 Å². The normalized spacial score (nSPS) is 21.1. The number of amides is 1. The molecular formula is C26H32Cl2N2O2. The minimum Gasteiger partial charge on any atom is -0.388 e. The highest BCUT2D eigenvalue weighted by Gasteiger charge is 2.30. The zero-order valence-corrected chi connectivity index (χ0v) is 19.9. The molecule has 172 valence electrons. The lowest BCUT2D eigenvalue weighted by atomic mass is 9.89. The molecule has 1 N–H and O–H groups in total. The summed E-state index contributed by atoms with van der Waals surface area (Å²) in [7, 11) is 0. The van der Waals surface area contributed by atoms with Crippen LogP contribution in [0.4, 0.5) is 0 Å². The Hall–Kier alpha value is -1.59. The van der Waals surface area contributed by atoms with Gasteiger partial charge in [0.25, 0.3) is 5.91 Å². The third kappa shape index (κ3) is 6.05. The number of hydrogen-bond donors (Lipinski definition) is 1. The molecule has 2 heterocycles. The Kier molecular flexibility index (Phi) is 8.12. The van der Waals surface area contributed by atoms with Crippen molar-refractivity contribution < 1.29 is 9.90 Å². The van der Waals surface area contributed by atoms with Crippen LogP contribution in [0.25, 0.3) is 0 Å². The molecule has 2 aliphatic heterocycles. The number of aliphatic hydroxyl groups is 1. The first kappa shape index (κ1) is 23.6. The molecule has 0 spiro atoms. The first-order valence-electron chi connectivity index (χ1n) is 11.7. The highest BCUT2D eigenvalue weighted by Crippen LogP contribution is 2.29. The van der Waals surface area contributed by atoms with E-state index in [2.05, 4.69) is 4.90 Å². The largest absolute Gasteiger partial charge is 0.388 e. The van der Waals surface area contributed by atoms with Gasteiger partial charge in [-0.05, 0) is 80.8 Å². The summed E-state index contributed by atoms with van der Waals surface area (Å²) in [6.45, 7) is 4.90. The van der Waals surface area contributed by atoms with E-state index in [9.17, 15) is 9.90 Å². The van der Waals surface area contributed by atoms with E-state index in [4.69, 9.17) is 23.2 Å². The summed E-state index contributed by atoms with van der Waals surface area (Å²) < 4.78 is 0. The molecule has 4 rings (SSSR count). The molecule has 0 radical (unpaired) electrons. The summed E-state index contributed by atoms with van der Waals surface area (Å²) in [6, 6.07) is 15.1. The zero-order valence-electron chi connectivity index (χ0n) is 18.4. The van der Waals surface area contributed by atoms with Crippen molar-refractivity contribution >= 4 is 29.1 Å². The van der Waals surface area contributed by atoms with Gasteiger partial charge in [-0.25, -0.2) is 0 Å². The second kappa shape index (κ2) is 11.0. The van der Waals surface area contributed by atoms with Crippen molar-refractivity contribution in [1.82, 2.24) is 9.80 Å². The van der Waals surface area contributed by atoms with Crippen LogP contribution in [-0.4, -0.2) is 53.5 Å². The fourth-order valence-electron chi connectivity index (χ4n) is 5.04. The molecule has 0 bridgehead atoms. The van der Waals surface area contributed by atoms with Gasteiger partial charge in [-0.1, -0.05) is 53.5 Å². The van der Waals surface area contributed by atoms with E-state index in [0.717, 1.165) is 57.5 Å². The summed E-state index contributed by atoms with van der Waals surface area (Å²) in [5.41, 5.74) is 1.63. The maximum atomic E-state index is 12.8. The number of benzene rings is 2. The van der Waals surface area contributed by atoms with Crippen LogP contribution in [0.1, 0.15) is 54.1 Å². The maximum absolute atomic E-state index is 12.8. The summed E-state index contributed by atoms with van der Waals surface area (Å²) in [5, 5.41) is 11.3. The molecule has 2 fully saturated rings. The van der Waals surface area contributed by atoms with Crippen molar-refractivity contribution in [2.45, 2.75) is 38.2 Å². The number of nitrogens with zero attached hydrogens (tertiary/aromatic N) is 2. The van der Waals surface area contributed by atoms with Crippen molar-refractivity contribution in [2.24, 2.45) is 11.8 Å². The zero-order chi connectivity index (χ0) is 22.5. The van der Waals surface area contributed by atoms with Crippen LogP contribution in [0.5, 0.6) is 0 Å². The fraction of sp³-hybridized carbons (Fsp3) is 0.500. The monoisotopic (exact) mass is 474 g/mol. The van der Waals surface area contributed by atoms with E-state index in [0.29, 0.717) is 27.4 Å². The highest BCUT2D eigenvalue weighted by molar-refractivity contribution is 6.42. The first-order chi connectivity index (χ1) is 15.5. The lowest BCUT2D eigenvalue weighted by Gasteiger charge is -2.33. The molecule has 0 aliphatic carbocycles. The van der Waals surface area contributed by atoms with Gasteiger partial charge in [0, 0.05) is 25.2 Å². The molecule has 1 amide bonds. The lowest BCUT2D eigenvalue weighted by Crippen LogP contribution is -2.38. The van der Waals surface area contributed by atoms with Gasteiger partial charge < -0.3 is 14.9 Å². The summed E-state index contributed by atoms with van der Waals surface area (Å²) >= 11 is 12.1. The number of carbonyl (C=O) groups excluding carboxylic acids is 1. The van der Waals surface area contributed by atoms with Crippen molar-refractivity contribution in [3.05, 3.63) is 69.7 Å². The van der Waals surface area contributed by atoms with Gasteiger partial charge in [-0.2, -0.15) is 0 Å². The molecule has 32 heavy (non-hydrogen) atoms. The summed E-state index contributed by atoms with van der Waals surface area (Å²) in [4.78, 5) is 17.3. The number of rotatable bonds is 7. The van der Waals surface area contributed by atoms with Crippen LogP contribution in [0.3, 0.4) is 0 Å². The van der Waals surface area contributed by atoms with Crippen molar-refractivity contribution in [3.8, 4) is 0 Å². The van der Waals surface area contributed by atoms with Crippen LogP contribution in [0.15, 0.2) is 48.5 Å². The van der Waals surface area contributed by atoms with E-state index in [1.54, 1.807) is 18.2 Å². The quantitative estimate of drug-likeness (QED) is 0.560. The SMILES string of the molecule is O=C(c1ccc(Cl)c(Cl)c1)N1CC[C@H](CN2CCC(CCC(O)c3ccccc3)CC2)C1. The van der Waals surface area contributed by atoms with Gasteiger partial charge in [-0.3, -0.25) is 4.79 Å². The second-order valence-electron chi connectivity index (χ2n) is 9.28. The molecule has 0 saturated carbocycles. The molecule has 2 saturated heterocycles. The van der Waals surface area contributed by atoms with Gasteiger partial charge >= 0.3 is 0 Å². The minimum absolute atomic E-state index is 0.0433. The van der Waals surface area contributed by atoms with Crippen LogP contribution in [0, 0.1) is 11.8 Å². The van der Waals surface area contributed by atoms with Crippen LogP contribution >= 0.6 is 23.2 Å². The second-order valence-corrected chi connectivity index (χ2v) is 10.1. The van der Waals surface area contributed by atoms with Crippen LogP contribution in [0.2, 0.25) is 10.0 Å². The minimum atomic E-state index is -0.355. The Morgan fingerprint density at radius 2 is 1.69 bits per heavy atom. The fourth-order valence-corrected chi connectivity index (χ4v) is 5.33. The average molecular weight is 475 g/mol. The molecule has 0 aromatic heterocycles. The van der Waals surface area contributed by atoms with E-state index in [1.807, 2.05) is 35.2 Å². The lowest BCUT2D eigenvalue weighted by molar-refractivity contribution is 0.0779. The predicted octanol–water partition coefficient (Wildman–Crippen LogP) is 5.68. The third-order valence-electron chi connectivity index (χ3n) is 7.00. The predicted molar refractivity (Wildman–Crippen MR) is 130 cm³/mol. The molecule has 2 aromatic rings. The van der Waals surface area contributed by atoms with Gasteiger partial charge in [0.2, 0.25) is 0 Å². The van der Waals surface area contributed by atoms with E-state index >= 15 is 0 Å². The van der Waals surface area contributed by atoms with Crippen molar-refractivity contribution in [2.75, 3.05) is 32.7 Å². The summed E-state index contributed by atoms with van der Waals surface area (Å²) in [6.07, 6.45) is 5.01. The highest BCUT2D eigenvalue weighted by atomic mass is 35.5. The van der Waals surface area contributed by atoms with Crippen LogP contribution in [-0.2, 0) is 0 Å². The van der Waals surface area contributed by atoms with Gasteiger partial charge in [-0.15, -0.1) is 0 Å². The molecule has 2 aromatic carbocycles. The topological polar surface area (TPSA) is 43.8 Å². The van der Waals surface area contributed by atoms with E-state index in [1.165, 1.54) is 12.8 Å². The third-order valence-corrected chi connectivity index (χ3v) is 7.73. The Morgan fingerprint density at radius 1 is 0.969 bits per heavy atom. The van der Waals surface area contributed by atoms with E-state index < -0.39 is 0 Å². The Labute approximate surface area is 201 Å². The molecule has 4 nitrogen and oxygen atoms in total.